The van der Waals surface area contributed by atoms with Gasteiger partial charge < -0.3 is 14.5 Å². The molecule has 1 N–H and O–H groups in total. The summed E-state index contributed by atoms with van der Waals surface area (Å²) in [5.74, 6) is -1.58. The molecule has 34 heavy (non-hydrogen) atoms. The topological polar surface area (TPSA) is 82.2 Å². The predicted molar refractivity (Wildman–Crippen MR) is 116 cm³/mol. The third-order valence-electron chi connectivity index (χ3n) is 6.35. The smallest absolute Gasteiger partial charge is 0.420 e. The maximum Gasteiger partial charge on any atom is 0.420 e. The number of nitrogens with zero attached hydrogens (tertiary/aromatic N) is 3. The number of aryl methyl sites for hydroxylation is 1. The van der Waals surface area contributed by atoms with E-state index in [4.69, 9.17) is 9.15 Å². The second kappa shape index (κ2) is 8.57. The molecule has 1 amide bonds. The van der Waals surface area contributed by atoms with Crippen LogP contribution in [-0.4, -0.2) is 39.9 Å². The number of hydrogen-bond acceptors (Lipinski definition) is 5. The van der Waals surface area contributed by atoms with Crippen LogP contribution >= 0.6 is 0 Å². The summed E-state index contributed by atoms with van der Waals surface area (Å²) in [6.07, 6.45) is 0.397. The summed E-state index contributed by atoms with van der Waals surface area (Å²) >= 11 is 0. The zero-order valence-corrected chi connectivity index (χ0v) is 18.9. The number of aromatic nitrogens is 3. The van der Waals surface area contributed by atoms with Crippen molar-refractivity contribution in [2.45, 2.75) is 57.9 Å². The van der Waals surface area contributed by atoms with Gasteiger partial charge in [0, 0.05) is 43.2 Å². The fraction of sp³-hybridized carbons (Fsp3) is 0.458. The SMILES string of the molecule is Cc1ccc(Cn2cc3c(n2)-c2c(oc(C(=O)NC[C@@H]4CCCO4)c2C(F)(F)F)CC3C)cn1. The van der Waals surface area contributed by atoms with E-state index in [2.05, 4.69) is 15.4 Å². The molecule has 0 aromatic carbocycles. The number of halogens is 3. The Kier molecular flexibility index (Phi) is 5.71. The van der Waals surface area contributed by atoms with Gasteiger partial charge in [0.25, 0.3) is 5.91 Å². The lowest BCUT2D eigenvalue weighted by molar-refractivity contribution is -0.137. The van der Waals surface area contributed by atoms with Gasteiger partial charge in [0.05, 0.1) is 23.9 Å². The normalized spacial score (nSPS) is 19.7. The highest BCUT2D eigenvalue weighted by Crippen LogP contribution is 2.48. The first kappa shape index (κ1) is 22.6. The minimum absolute atomic E-state index is 0.109. The molecule has 1 aliphatic heterocycles. The second-order valence-corrected chi connectivity index (χ2v) is 8.99. The lowest BCUT2D eigenvalue weighted by Crippen LogP contribution is -2.32. The van der Waals surface area contributed by atoms with E-state index >= 15 is 0 Å². The van der Waals surface area contributed by atoms with Crippen LogP contribution in [0.5, 0.6) is 0 Å². The highest BCUT2D eigenvalue weighted by Gasteiger charge is 2.46. The summed E-state index contributed by atoms with van der Waals surface area (Å²) in [4.78, 5) is 17.0. The molecule has 5 rings (SSSR count). The number of ether oxygens (including phenoxy) is 1. The average Bonchev–Trinajstić information content (AvgIpc) is 3.51. The van der Waals surface area contributed by atoms with Gasteiger partial charge in [-0.25, -0.2) is 0 Å². The molecule has 1 saturated heterocycles. The van der Waals surface area contributed by atoms with E-state index in [1.165, 1.54) is 0 Å². The van der Waals surface area contributed by atoms with E-state index in [0.717, 1.165) is 24.1 Å². The van der Waals surface area contributed by atoms with Gasteiger partial charge in [-0.1, -0.05) is 13.0 Å². The predicted octanol–water partition coefficient (Wildman–Crippen LogP) is 4.48. The molecule has 0 spiro atoms. The van der Waals surface area contributed by atoms with Crippen LogP contribution in [0.1, 0.15) is 64.4 Å². The Morgan fingerprint density at radius 1 is 1.32 bits per heavy atom. The van der Waals surface area contributed by atoms with E-state index < -0.39 is 23.4 Å². The van der Waals surface area contributed by atoms with Crippen molar-refractivity contribution in [3.8, 4) is 11.3 Å². The first-order valence-electron chi connectivity index (χ1n) is 11.3. The number of furan rings is 1. The maximum atomic E-state index is 14.2. The van der Waals surface area contributed by atoms with Crippen LogP contribution in [0.3, 0.4) is 0 Å². The molecule has 0 saturated carbocycles. The number of amides is 1. The molecule has 1 fully saturated rings. The fourth-order valence-electron chi connectivity index (χ4n) is 4.63. The van der Waals surface area contributed by atoms with Crippen molar-refractivity contribution in [2.24, 2.45) is 0 Å². The van der Waals surface area contributed by atoms with Crippen molar-refractivity contribution in [2.75, 3.05) is 13.2 Å². The quantitative estimate of drug-likeness (QED) is 0.590. The van der Waals surface area contributed by atoms with Crippen molar-refractivity contribution in [1.29, 1.82) is 0 Å². The van der Waals surface area contributed by atoms with Crippen molar-refractivity contribution in [3.63, 3.8) is 0 Å². The standard InChI is InChI=1S/C24H25F3N4O3/c1-13-8-18-19(21-17(13)12-31(30-21)11-15-6-5-14(2)28-9-15)20(24(25,26)27)22(34-18)23(32)29-10-16-4-3-7-33-16/h5-6,9,12-13,16H,3-4,7-8,10-11H2,1-2H3,(H,29,32)/t13?,16-/m0/s1. The summed E-state index contributed by atoms with van der Waals surface area (Å²) in [5.41, 5.74) is 1.47. The minimum Gasteiger partial charge on any atom is -0.455 e. The first-order chi connectivity index (χ1) is 16.2. The van der Waals surface area contributed by atoms with E-state index in [1.807, 2.05) is 26.0 Å². The summed E-state index contributed by atoms with van der Waals surface area (Å²) in [7, 11) is 0. The molecule has 1 unspecified atom stereocenters. The van der Waals surface area contributed by atoms with Gasteiger partial charge >= 0.3 is 6.18 Å². The van der Waals surface area contributed by atoms with E-state index in [0.29, 0.717) is 18.7 Å². The molecule has 1 aliphatic carbocycles. The largest absolute Gasteiger partial charge is 0.455 e. The van der Waals surface area contributed by atoms with Gasteiger partial charge in [0.15, 0.2) is 0 Å². The minimum atomic E-state index is -4.78. The number of carbonyl (C=O) groups is 1. The molecule has 180 valence electrons. The van der Waals surface area contributed by atoms with Crippen LogP contribution in [0.25, 0.3) is 11.3 Å². The third kappa shape index (κ3) is 4.22. The van der Waals surface area contributed by atoms with Crippen LogP contribution in [0.4, 0.5) is 13.2 Å². The number of carbonyl (C=O) groups excluding carboxylic acids is 1. The van der Waals surface area contributed by atoms with Gasteiger partial charge in [-0.3, -0.25) is 14.5 Å². The zero-order valence-electron chi connectivity index (χ0n) is 18.9. The highest BCUT2D eigenvalue weighted by atomic mass is 19.4. The molecule has 0 bridgehead atoms. The molecule has 0 radical (unpaired) electrons. The molecule has 7 nitrogen and oxygen atoms in total. The number of rotatable bonds is 5. The number of hydrogen-bond donors (Lipinski definition) is 1. The Labute approximate surface area is 194 Å². The molecular formula is C24H25F3N4O3. The molecule has 4 heterocycles. The van der Waals surface area contributed by atoms with Gasteiger partial charge in [0.2, 0.25) is 5.76 Å². The van der Waals surface area contributed by atoms with Crippen LogP contribution < -0.4 is 5.32 Å². The number of nitrogens with one attached hydrogen (secondary N) is 1. The Morgan fingerprint density at radius 2 is 2.15 bits per heavy atom. The molecule has 3 aromatic heterocycles. The molecule has 2 aliphatic rings. The summed E-state index contributed by atoms with van der Waals surface area (Å²) in [6, 6.07) is 3.78. The van der Waals surface area contributed by atoms with Crippen molar-refractivity contribution in [3.05, 3.63) is 58.4 Å². The number of pyridine rings is 1. The summed E-state index contributed by atoms with van der Waals surface area (Å²) in [6.45, 7) is 4.89. The Hall–Kier alpha value is -3.14. The summed E-state index contributed by atoms with van der Waals surface area (Å²) < 4.78 is 55.4. The average molecular weight is 474 g/mol. The van der Waals surface area contributed by atoms with Crippen molar-refractivity contribution in [1.82, 2.24) is 20.1 Å². The van der Waals surface area contributed by atoms with Gasteiger partial charge in [-0.15, -0.1) is 0 Å². The van der Waals surface area contributed by atoms with Crippen LogP contribution in [0.2, 0.25) is 0 Å². The lowest BCUT2D eigenvalue weighted by atomic mass is 9.86. The first-order valence-corrected chi connectivity index (χ1v) is 11.3. The van der Waals surface area contributed by atoms with Crippen LogP contribution in [-0.2, 0) is 23.9 Å². The third-order valence-corrected chi connectivity index (χ3v) is 6.35. The Morgan fingerprint density at radius 3 is 2.82 bits per heavy atom. The fourth-order valence-corrected chi connectivity index (χ4v) is 4.63. The maximum absolute atomic E-state index is 14.2. The number of alkyl halides is 3. The Bertz CT molecular complexity index is 1210. The van der Waals surface area contributed by atoms with Crippen molar-refractivity contribution < 1.29 is 27.1 Å². The molecule has 3 aromatic rings. The molecule has 10 heteroatoms. The monoisotopic (exact) mass is 474 g/mol. The highest BCUT2D eigenvalue weighted by molar-refractivity contribution is 5.96. The van der Waals surface area contributed by atoms with E-state index in [-0.39, 0.29) is 42.0 Å². The second-order valence-electron chi connectivity index (χ2n) is 8.99. The van der Waals surface area contributed by atoms with Gasteiger partial charge in [0.1, 0.15) is 11.3 Å². The van der Waals surface area contributed by atoms with Crippen LogP contribution in [0, 0.1) is 6.92 Å². The summed E-state index contributed by atoms with van der Waals surface area (Å²) in [5, 5.41) is 7.04. The Balaban J connectivity index is 1.51. The van der Waals surface area contributed by atoms with E-state index in [1.54, 1.807) is 17.1 Å². The zero-order chi connectivity index (χ0) is 24.0. The molecular weight excluding hydrogens is 449 g/mol. The lowest BCUT2D eigenvalue weighted by Gasteiger charge is -2.17. The van der Waals surface area contributed by atoms with Gasteiger partial charge in [-0.05, 0) is 37.3 Å². The molecule has 2 atom stereocenters. The van der Waals surface area contributed by atoms with E-state index in [9.17, 15) is 18.0 Å². The van der Waals surface area contributed by atoms with Crippen LogP contribution in [0.15, 0.2) is 28.9 Å². The van der Waals surface area contributed by atoms with Gasteiger partial charge in [-0.2, -0.15) is 18.3 Å². The van der Waals surface area contributed by atoms with Crippen molar-refractivity contribution >= 4 is 5.91 Å². The number of fused-ring (bicyclic) bond motifs is 3.